The Morgan fingerprint density at radius 2 is 2.13 bits per heavy atom. The van der Waals surface area contributed by atoms with Crippen LogP contribution in [0.1, 0.15) is 13.3 Å². The van der Waals surface area contributed by atoms with Crippen molar-refractivity contribution in [1.82, 2.24) is 15.1 Å². The van der Waals surface area contributed by atoms with Gasteiger partial charge in [0.25, 0.3) is 0 Å². The van der Waals surface area contributed by atoms with Crippen LogP contribution >= 0.6 is 0 Å². The van der Waals surface area contributed by atoms with Gasteiger partial charge in [0.1, 0.15) is 0 Å². The lowest BCUT2D eigenvalue weighted by Gasteiger charge is -2.50. The normalized spacial score (nSPS) is 36.5. The molecular formula is C12H23N3. The van der Waals surface area contributed by atoms with Gasteiger partial charge in [0, 0.05) is 44.8 Å². The molecule has 86 valence electrons. The number of hydrogen-bond acceptors (Lipinski definition) is 3. The molecule has 3 aliphatic rings. The molecule has 3 aliphatic heterocycles. The van der Waals surface area contributed by atoms with E-state index in [1.54, 1.807) is 0 Å². The standard InChI is InChI=1S/C12H23N3/c1-3-5-11(13-4-2)12-10-14-6-8-15(12)9-7-14/h3,11-13H,1,4-10H2,2H3. The van der Waals surface area contributed by atoms with Gasteiger partial charge in [-0.25, -0.2) is 0 Å². The topological polar surface area (TPSA) is 18.5 Å². The van der Waals surface area contributed by atoms with Gasteiger partial charge in [0.05, 0.1) is 0 Å². The summed E-state index contributed by atoms with van der Waals surface area (Å²) in [6, 6.07) is 1.29. The van der Waals surface area contributed by atoms with Gasteiger partial charge < -0.3 is 5.32 Å². The Morgan fingerprint density at radius 3 is 2.60 bits per heavy atom. The average Bonchev–Trinajstić information content (AvgIpc) is 2.30. The second kappa shape index (κ2) is 5.10. The highest BCUT2D eigenvalue weighted by Crippen LogP contribution is 2.19. The average molecular weight is 209 g/mol. The van der Waals surface area contributed by atoms with Crippen molar-refractivity contribution in [3.8, 4) is 0 Å². The van der Waals surface area contributed by atoms with Crippen LogP contribution in [-0.2, 0) is 0 Å². The Hall–Kier alpha value is -0.380. The van der Waals surface area contributed by atoms with Crippen molar-refractivity contribution < 1.29 is 0 Å². The van der Waals surface area contributed by atoms with Crippen LogP contribution in [0.4, 0.5) is 0 Å². The summed E-state index contributed by atoms with van der Waals surface area (Å²) >= 11 is 0. The molecule has 2 bridgehead atoms. The molecule has 3 heterocycles. The number of nitrogens with one attached hydrogen (secondary N) is 1. The SMILES string of the molecule is C=CCC(NCC)C1CN2CCN1CC2. The van der Waals surface area contributed by atoms with E-state index >= 15 is 0 Å². The Kier molecular flexibility index (Phi) is 3.78. The first-order valence-corrected chi connectivity index (χ1v) is 6.15. The van der Waals surface area contributed by atoms with E-state index in [9.17, 15) is 0 Å². The van der Waals surface area contributed by atoms with Gasteiger partial charge in [-0.2, -0.15) is 0 Å². The first-order valence-electron chi connectivity index (χ1n) is 6.15. The van der Waals surface area contributed by atoms with Gasteiger partial charge in [0.2, 0.25) is 0 Å². The molecule has 0 aliphatic carbocycles. The molecule has 0 radical (unpaired) electrons. The molecule has 3 nitrogen and oxygen atoms in total. The number of nitrogens with zero attached hydrogens (tertiary/aromatic N) is 2. The van der Waals surface area contributed by atoms with Crippen molar-refractivity contribution >= 4 is 0 Å². The second-order valence-electron chi connectivity index (χ2n) is 4.59. The largest absolute Gasteiger partial charge is 0.312 e. The summed E-state index contributed by atoms with van der Waals surface area (Å²) < 4.78 is 0. The van der Waals surface area contributed by atoms with Crippen molar-refractivity contribution in [2.75, 3.05) is 39.3 Å². The van der Waals surface area contributed by atoms with Crippen LogP contribution in [0.15, 0.2) is 12.7 Å². The molecule has 0 saturated carbocycles. The molecule has 2 unspecified atom stereocenters. The maximum Gasteiger partial charge on any atom is 0.0380 e. The quantitative estimate of drug-likeness (QED) is 0.667. The molecule has 0 aromatic heterocycles. The van der Waals surface area contributed by atoms with E-state index in [4.69, 9.17) is 0 Å². The summed E-state index contributed by atoms with van der Waals surface area (Å²) in [6.07, 6.45) is 3.13. The van der Waals surface area contributed by atoms with Crippen molar-refractivity contribution in [3.63, 3.8) is 0 Å². The molecule has 15 heavy (non-hydrogen) atoms. The fourth-order valence-corrected chi connectivity index (χ4v) is 2.86. The lowest BCUT2D eigenvalue weighted by atomic mass is 9.97. The van der Waals surface area contributed by atoms with Crippen molar-refractivity contribution in [2.45, 2.75) is 25.4 Å². The Bertz CT molecular complexity index is 209. The van der Waals surface area contributed by atoms with E-state index in [-0.39, 0.29) is 0 Å². The molecule has 3 saturated heterocycles. The zero-order valence-corrected chi connectivity index (χ0v) is 9.78. The highest BCUT2D eigenvalue weighted by molar-refractivity contribution is 4.96. The van der Waals surface area contributed by atoms with E-state index in [2.05, 4.69) is 28.6 Å². The van der Waals surface area contributed by atoms with Gasteiger partial charge >= 0.3 is 0 Å². The molecule has 0 amide bonds. The monoisotopic (exact) mass is 209 g/mol. The molecular weight excluding hydrogens is 186 g/mol. The maximum absolute atomic E-state index is 3.87. The third-order valence-electron chi connectivity index (χ3n) is 3.67. The number of fused-ring (bicyclic) bond motifs is 3. The van der Waals surface area contributed by atoms with Crippen LogP contribution in [0, 0.1) is 0 Å². The highest BCUT2D eigenvalue weighted by atomic mass is 15.4. The summed E-state index contributed by atoms with van der Waals surface area (Å²) in [4.78, 5) is 5.24. The summed E-state index contributed by atoms with van der Waals surface area (Å²) in [6.45, 7) is 13.4. The first-order chi connectivity index (χ1) is 7.35. The number of piperazine rings is 3. The second-order valence-corrected chi connectivity index (χ2v) is 4.59. The molecule has 2 atom stereocenters. The van der Waals surface area contributed by atoms with E-state index in [0.29, 0.717) is 12.1 Å². The summed E-state index contributed by atoms with van der Waals surface area (Å²) in [5, 5.41) is 3.60. The zero-order valence-electron chi connectivity index (χ0n) is 9.78. The van der Waals surface area contributed by atoms with Gasteiger partial charge in [0.15, 0.2) is 0 Å². The van der Waals surface area contributed by atoms with Gasteiger partial charge in [-0.15, -0.1) is 6.58 Å². The molecule has 1 N–H and O–H groups in total. The van der Waals surface area contributed by atoms with Gasteiger partial charge in [-0.3, -0.25) is 9.80 Å². The van der Waals surface area contributed by atoms with E-state index in [1.165, 1.54) is 32.7 Å². The van der Waals surface area contributed by atoms with E-state index in [0.717, 1.165) is 13.0 Å². The Labute approximate surface area is 93.1 Å². The van der Waals surface area contributed by atoms with E-state index < -0.39 is 0 Å². The first kappa shape index (κ1) is 11.1. The predicted molar refractivity (Wildman–Crippen MR) is 64.1 cm³/mol. The van der Waals surface area contributed by atoms with Crippen LogP contribution in [0.3, 0.4) is 0 Å². The minimum atomic E-state index is 0.593. The molecule has 0 spiro atoms. The minimum absolute atomic E-state index is 0.593. The molecule has 3 rings (SSSR count). The smallest absolute Gasteiger partial charge is 0.0380 e. The lowest BCUT2D eigenvalue weighted by Crippen LogP contribution is -2.66. The van der Waals surface area contributed by atoms with Crippen molar-refractivity contribution in [3.05, 3.63) is 12.7 Å². The molecule has 0 aromatic rings. The number of likely N-dealkylation sites (N-methyl/N-ethyl adjacent to an activating group) is 1. The predicted octanol–water partition coefficient (Wildman–Crippen LogP) is 0.540. The summed E-state index contributed by atoms with van der Waals surface area (Å²) in [5.74, 6) is 0. The third kappa shape index (κ3) is 2.41. The van der Waals surface area contributed by atoms with Gasteiger partial charge in [-0.1, -0.05) is 13.0 Å². The van der Waals surface area contributed by atoms with Crippen molar-refractivity contribution in [2.24, 2.45) is 0 Å². The third-order valence-corrected chi connectivity index (χ3v) is 3.67. The van der Waals surface area contributed by atoms with E-state index in [1.807, 2.05) is 6.08 Å². The molecule has 3 fully saturated rings. The maximum atomic E-state index is 3.87. The fourth-order valence-electron chi connectivity index (χ4n) is 2.86. The molecule has 0 aromatic carbocycles. The Balaban J connectivity index is 1.97. The summed E-state index contributed by atoms with van der Waals surface area (Å²) in [5.41, 5.74) is 0. The lowest BCUT2D eigenvalue weighted by molar-refractivity contribution is -0.00248. The number of hydrogen-bond donors (Lipinski definition) is 1. The minimum Gasteiger partial charge on any atom is -0.312 e. The number of rotatable bonds is 5. The van der Waals surface area contributed by atoms with Crippen molar-refractivity contribution in [1.29, 1.82) is 0 Å². The van der Waals surface area contributed by atoms with Crippen LogP contribution in [0.25, 0.3) is 0 Å². The molecule has 3 heteroatoms. The van der Waals surface area contributed by atoms with Crippen LogP contribution in [-0.4, -0.2) is 61.2 Å². The zero-order chi connectivity index (χ0) is 10.7. The summed E-state index contributed by atoms with van der Waals surface area (Å²) in [7, 11) is 0. The van der Waals surface area contributed by atoms with Crippen LogP contribution < -0.4 is 5.32 Å². The van der Waals surface area contributed by atoms with Crippen LogP contribution in [0.5, 0.6) is 0 Å². The fraction of sp³-hybridized carbons (Fsp3) is 0.833. The highest BCUT2D eigenvalue weighted by Gasteiger charge is 2.35. The Morgan fingerprint density at radius 1 is 1.40 bits per heavy atom. The van der Waals surface area contributed by atoms with Crippen LogP contribution in [0.2, 0.25) is 0 Å². The van der Waals surface area contributed by atoms with Gasteiger partial charge in [-0.05, 0) is 13.0 Å².